The highest BCUT2D eigenvalue weighted by molar-refractivity contribution is 7.53. The van der Waals surface area contributed by atoms with Crippen molar-refractivity contribution in [2.24, 2.45) is 11.8 Å². The molecule has 5 atom stereocenters. The molecule has 1 fully saturated rings. The molecule has 1 aliphatic carbocycles. The second kappa shape index (κ2) is 7.27. The Bertz CT molecular complexity index is 1130. The van der Waals surface area contributed by atoms with Crippen LogP contribution < -0.4 is 15.8 Å². The van der Waals surface area contributed by atoms with Gasteiger partial charge in [0, 0.05) is 24.5 Å². The van der Waals surface area contributed by atoms with Gasteiger partial charge in [0.15, 0.2) is 17.0 Å². The van der Waals surface area contributed by atoms with Gasteiger partial charge in [0.2, 0.25) is 5.95 Å². The van der Waals surface area contributed by atoms with E-state index in [-0.39, 0.29) is 41.9 Å². The number of nitrogens with two attached hydrogens (primary N) is 1. The van der Waals surface area contributed by atoms with Gasteiger partial charge in [0.05, 0.1) is 6.33 Å². The standard InChI is InChI=1S/C17H20N5O6P/c18-17-20-14-13(15(24)21-17)19-8-22(14)12-6-10(11(12)7-23)16(25)29(26,27)28-9-4-2-1-3-5-9/h1-5,8,10-12,16,23,25H,6-7H2,(H,26,27)(H3,18,20,21,24). The highest BCUT2D eigenvalue weighted by Crippen LogP contribution is 2.57. The van der Waals surface area contributed by atoms with Gasteiger partial charge in [0.25, 0.3) is 5.56 Å². The van der Waals surface area contributed by atoms with Crippen LogP contribution in [-0.2, 0) is 4.57 Å². The highest BCUT2D eigenvalue weighted by Gasteiger charge is 2.52. The summed E-state index contributed by atoms with van der Waals surface area (Å²) < 4.78 is 19.3. The maximum absolute atomic E-state index is 12.6. The van der Waals surface area contributed by atoms with Gasteiger partial charge in [0.1, 0.15) is 5.75 Å². The molecule has 6 N–H and O–H groups in total. The molecular weight excluding hydrogens is 401 g/mol. The van der Waals surface area contributed by atoms with Gasteiger partial charge in [-0.2, -0.15) is 4.98 Å². The number of hydrogen-bond donors (Lipinski definition) is 5. The maximum atomic E-state index is 12.6. The number of rotatable bonds is 6. The fraction of sp³-hybridized carbons (Fsp3) is 0.353. The number of para-hydroxylation sites is 1. The number of nitrogen functional groups attached to an aromatic ring is 1. The fourth-order valence-electron chi connectivity index (χ4n) is 3.75. The zero-order chi connectivity index (χ0) is 20.8. The molecule has 0 aliphatic heterocycles. The van der Waals surface area contributed by atoms with E-state index in [0.29, 0.717) is 0 Å². The number of nitrogens with one attached hydrogen (secondary N) is 1. The second-order valence-corrected chi connectivity index (χ2v) is 8.81. The fourth-order valence-corrected chi connectivity index (χ4v) is 5.11. The molecule has 1 aliphatic rings. The Balaban J connectivity index is 1.57. The van der Waals surface area contributed by atoms with Crippen molar-refractivity contribution in [3.05, 3.63) is 47.0 Å². The molecule has 1 aromatic carbocycles. The molecule has 11 nitrogen and oxygen atoms in total. The largest absolute Gasteiger partial charge is 0.423 e. The van der Waals surface area contributed by atoms with E-state index in [1.807, 2.05) is 0 Å². The van der Waals surface area contributed by atoms with Crippen molar-refractivity contribution in [2.45, 2.75) is 18.3 Å². The third-order valence-electron chi connectivity index (χ3n) is 5.27. The Kier molecular flexibility index (Phi) is 4.91. The van der Waals surface area contributed by atoms with Crippen LogP contribution in [-0.4, -0.2) is 47.1 Å². The smallest absolute Gasteiger partial charge is 0.405 e. The van der Waals surface area contributed by atoms with E-state index in [2.05, 4.69) is 15.0 Å². The number of hydrogen-bond acceptors (Lipinski definition) is 8. The Morgan fingerprint density at radius 3 is 2.79 bits per heavy atom. The molecule has 2 aromatic heterocycles. The first-order chi connectivity index (χ1) is 13.8. The molecule has 3 aromatic rings. The molecule has 0 amide bonds. The number of aromatic nitrogens is 4. The van der Waals surface area contributed by atoms with Crippen LogP contribution in [0.25, 0.3) is 11.2 Å². The van der Waals surface area contributed by atoms with Crippen LogP contribution >= 0.6 is 7.60 Å². The van der Waals surface area contributed by atoms with E-state index in [1.54, 1.807) is 22.8 Å². The number of imidazole rings is 1. The Morgan fingerprint density at radius 1 is 1.38 bits per heavy atom. The van der Waals surface area contributed by atoms with Crippen molar-refractivity contribution in [3.8, 4) is 5.75 Å². The first kappa shape index (κ1) is 19.6. The van der Waals surface area contributed by atoms with Gasteiger partial charge in [-0.1, -0.05) is 18.2 Å². The summed E-state index contributed by atoms with van der Waals surface area (Å²) in [5.41, 5.74) is 5.46. The number of anilines is 1. The van der Waals surface area contributed by atoms with Crippen LogP contribution in [0.1, 0.15) is 12.5 Å². The van der Waals surface area contributed by atoms with E-state index < -0.39 is 30.8 Å². The molecule has 1 saturated carbocycles. The Hall–Kier alpha value is -2.72. The lowest BCUT2D eigenvalue weighted by Gasteiger charge is -2.46. The third kappa shape index (κ3) is 3.42. The zero-order valence-electron chi connectivity index (χ0n) is 15.1. The average molecular weight is 421 g/mol. The van der Waals surface area contributed by atoms with Crippen LogP contribution in [0.4, 0.5) is 5.95 Å². The molecular formula is C17H20N5O6P. The van der Waals surface area contributed by atoms with Crippen LogP contribution in [0.3, 0.4) is 0 Å². The number of aromatic amines is 1. The molecule has 0 spiro atoms. The van der Waals surface area contributed by atoms with E-state index in [1.165, 1.54) is 18.5 Å². The molecule has 5 unspecified atom stereocenters. The molecule has 0 radical (unpaired) electrons. The number of nitrogens with zero attached hydrogens (tertiary/aromatic N) is 3. The maximum Gasteiger partial charge on any atom is 0.405 e. The van der Waals surface area contributed by atoms with E-state index in [0.717, 1.165) is 0 Å². The van der Waals surface area contributed by atoms with Gasteiger partial charge >= 0.3 is 7.60 Å². The Morgan fingerprint density at radius 2 is 2.10 bits per heavy atom. The minimum Gasteiger partial charge on any atom is -0.423 e. The van der Waals surface area contributed by atoms with E-state index >= 15 is 0 Å². The van der Waals surface area contributed by atoms with Crippen LogP contribution in [0.15, 0.2) is 41.5 Å². The second-order valence-electron chi connectivity index (χ2n) is 6.97. The van der Waals surface area contributed by atoms with Crippen molar-refractivity contribution in [1.29, 1.82) is 0 Å². The van der Waals surface area contributed by atoms with E-state index in [4.69, 9.17) is 10.3 Å². The molecule has 0 saturated heterocycles. The van der Waals surface area contributed by atoms with Crippen molar-refractivity contribution in [3.63, 3.8) is 0 Å². The number of aliphatic hydroxyl groups is 2. The number of H-pyrrole nitrogens is 1. The summed E-state index contributed by atoms with van der Waals surface area (Å²) in [6, 6.07) is 7.65. The lowest BCUT2D eigenvalue weighted by atomic mass is 9.69. The zero-order valence-corrected chi connectivity index (χ0v) is 16.0. The number of aliphatic hydroxyl groups excluding tert-OH is 2. The summed E-state index contributed by atoms with van der Waals surface area (Å²) >= 11 is 0. The minimum atomic E-state index is -4.42. The number of fused-ring (bicyclic) bond motifs is 1. The van der Waals surface area contributed by atoms with Gasteiger partial charge in [-0.15, -0.1) is 0 Å². The summed E-state index contributed by atoms with van der Waals surface area (Å²) in [7, 11) is -4.42. The monoisotopic (exact) mass is 421 g/mol. The third-order valence-corrected chi connectivity index (χ3v) is 6.80. The van der Waals surface area contributed by atoms with Crippen LogP contribution in [0, 0.1) is 11.8 Å². The van der Waals surface area contributed by atoms with Gasteiger partial charge < -0.3 is 29.9 Å². The SMILES string of the molecule is Nc1nc2c(ncn2C2CC(C(O)P(=O)(O)Oc3ccccc3)C2CO)c(=O)[nH]1. The molecule has 4 rings (SSSR count). The molecule has 0 bridgehead atoms. The van der Waals surface area contributed by atoms with Crippen LogP contribution in [0.5, 0.6) is 5.75 Å². The predicted molar refractivity (Wildman–Crippen MR) is 103 cm³/mol. The van der Waals surface area contributed by atoms with Gasteiger partial charge in [-0.3, -0.25) is 9.78 Å². The molecule has 154 valence electrons. The van der Waals surface area contributed by atoms with Gasteiger partial charge in [-0.25, -0.2) is 9.55 Å². The summed E-state index contributed by atoms with van der Waals surface area (Å²) in [4.78, 5) is 32.7. The minimum absolute atomic E-state index is 0.0724. The molecule has 2 heterocycles. The van der Waals surface area contributed by atoms with Crippen molar-refractivity contribution in [2.75, 3.05) is 12.3 Å². The van der Waals surface area contributed by atoms with Crippen molar-refractivity contribution >= 4 is 24.7 Å². The predicted octanol–water partition coefficient (Wildman–Crippen LogP) is 0.454. The van der Waals surface area contributed by atoms with Crippen molar-refractivity contribution < 1.29 is 24.2 Å². The lowest BCUT2D eigenvalue weighted by Crippen LogP contribution is -2.46. The van der Waals surface area contributed by atoms with Crippen molar-refractivity contribution in [1.82, 2.24) is 19.5 Å². The molecule has 12 heteroatoms. The highest BCUT2D eigenvalue weighted by atomic mass is 31.2. The first-order valence-corrected chi connectivity index (χ1v) is 10.5. The van der Waals surface area contributed by atoms with E-state index in [9.17, 15) is 24.5 Å². The average Bonchev–Trinajstić information content (AvgIpc) is 3.05. The molecule has 29 heavy (non-hydrogen) atoms. The topological polar surface area (TPSA) is 177 Å². The normalized spacial score (nSPS) is 24.6. The summed E-state index contributed by atoms with van der Waals surface area (Å²) in [6.45, 7) is -0.351. The summed E-state index contributed by atoms with van der Waals surface area (Å²) in [6.07, 6.45) is 1.66. The van der Waals surface area contributed by atoms with Gasteiger partial charge in [-0.05, 0) is 18.6 Å². The lowest BCUT2D eigenvalue weighted by molar-refractivity contribution is -0.0281. The summed E-state index contributed by atoms with van der Waals surface area (Å²) in [5.74, 6) is -2.86. The Labute approximate surface area is 164 Å². The quantitative estimate of drug-likeness (QED) is 0.354. The number of benzene rings is 1. The summed E-state index contributed by atoms with van der Waals surface area (Å²) in [5, 5.41) is 20.4. The first-order valence-electron chi connectivity index (χ1n) is 8.90. The van der Waals surface area contributed by atoms with Crippen LogP contribution in [0.2, 0.25) is 0 Å².